The van der Waals surface area contributed by atoms with Crippen LogP contribution in [0, 0.1) is 5.92 Å². The number of nitrogens with zero attached hydrogens (tertiary/aromatic N) is 1. The molecule has 5 amide bonds. The first-order valence-electron chi connectivity index (χ1n) is 14.1. The van der Waals surface area contributed by atoms with Crippen molar-refractivity contribution in [2.24, 2.45) is 11.7 Å². The van der Waals surface area contributed by atoms with Crippen molar-refractivity contribution < 1.29 is 43.8 Å². The molecule has 44 heavy (non-hydrogen) atoms. The highest BCUT2D eigenvalue weighted by molar-refractivity contribution is 7.80. The number of rotatable bonds is 16. The Kier molecular flexibility index (Phi) is 14.1. The minimum Gasteiger partial charge on any atom is -0.481 e. The average Bonchev–Trinajstić information content (AvgIpc) is 3.47. The topological polar surface area (TPSA) is 237 Å². The Labute approximate surface area is 260 Å². The molecular formula is C28H40N6O9S. The van der Waals surface area contributed by atoms with Crippen molar-refractivity contribution in [1.82, 2.24) is 26.2 Å². The third-order valence-corrected chi connectivity index (χ3v) is 7.35. The molecule has 1 saturated heterocycles. The van der Waals surface area contributed by atoms with Gasteiger partial charge in [-0.2, -0.15) is 12.6 Å². The van der Waals surface area contributed by atoms with Gasteiger partial charge in [-0.05, 0) is 24.3 Å². The fourth-order valence-electron chi connectivity index (χ4n) is 4.57. The maximum atomic E-state index is 13.3. The molecule has 2 rings (SSSR count). The van der Waals surface area contributed by atoms with E-state index in [0.29, 0.717) is 18.4 Å². The highest BCUT2D eigenvalue weighted by Crippen LogP contribution is 2.18. The first kappa shape index (κ1) is 36.0. The molecule has 1 aromatic carbocycles. The Balaban J connectivity index is 2.08. The van der Waals surface area contributed by atoms with Crippen molar-refractivity contribution >= 4 is 54.1 Å². The highest BCUT2D eigenvalue weighted by Gasteiger charge is 2.37. The van der Waals surface area contributed by atoms with Crippen LogP contribution in [0.25, 0.3) is 0 Å². The predicted molar refractivity (Wildman–Crippen MR) is 160 cm³/mol. The summed E-state index contributed by atoms with van der Waals surface area (Å²) < 4.78 is 0. The number of nitrogens with two attached hydrogens (primary N) is 1. The van der Waals surface area contributed by atoms with Crippen LogP contribution in [0.5, 0.6) is 0 Å². The number of likely N-dealkylation sites (tertiary alicyclic amines) is 1. The molecular weight excluding hydrogens is 596 g/mol. The van der Waals surface area contributed by atoms with E-state index >= 15 is 0 Å². The lowest BCUT2D eigenvalue weighted by Crippen LogP contribution is -2.57. The number of carboxylic acids is 2. The van der Waals surface area contributed by atoms with Gasteiger partial charge in [0.1, 0.15) is 24.2 Å². The van der Waals surface area contributed by atoms with Gasteiger partial charge in [-0.15, -0.1) is 0 Å². The van der Waals surface area contributed by atoms with Gasteiger partial charge < -0.3 is 42.1 Å². The summed E-state index contributed by atoms with van der Waals surface area (Å²) >= 11 is 3.96. The zero-order valence-corrected chi connectivity index (χ0v) is 25.4. The number of aliphatic carboxylic acids is 2. The summed E-state index contributed by atoms with van der Waals surface area (Å²) in [5, 5.41) is 28.1. The zero-order chi connectivity index (χ0) is 33.0. The van der Waals surface area contributed by atoms with E-state index in [-0.39, 0.29) is 18.7 Å². The van der Waals surface area contributed by atoms with Gasteiger partial charge in [-0.1, -0.05) is 44.2 Å². The molecule has 16 heteroatoms. The number of thiol groups is 1. The Morgan fingerprint density at radius 2 is 1.61 bits per heavy atom. The number of amides is 5. The number of hydrogen-bond donors (Lipinski definition) is 8. The van der Waals surface area contributed by atoms with Crippen LogP contribution in [0.15, 0.2) is 30.3 Å². The maximum Gasteiger partial charge on any atom is 0.327 e. The summed E-state index contributed by atoms with van der Waals surface area (Å²) in [6.45, 7) is 3.02. The summed E-state index contributed by atoms with van der Waals surface area (Å²) in [5.41, 5.74) is 6.29. The Morgan fingerprint density at radius 1 is 0.955 bits per heavy atom. The fourth-order valence-corrected chi connectivity index (χ4v) is 4.82. The number of hydrogen-bond acceptors (Lipinski definition) is 9. The van der Waals surface area contributed by atoms with Crippen molar-refractivity contribution in [2.75, 3.05) is 18.8 Å². The molecule has 0 aliphatic carbocycles. The molecule has 0 bridgehead atoms. The highest BCUT2D eigenvalue weighted by atomic mass is 32.1. The van der Waals surface area contributed by atoms with Crippen LogP contribution in [-0.4, -0.2) is 106 Å². The summed E-state index contributed by atoms with van der Waals surface area (Å²) in [4.78, 5) is 88.1. The number of carbonyl (C=O) groups excluding carboxylic acids is 5. The first-order valence-corrected chi connectivity index (χ1v) is 14.7. The van der Waals surface area contributed by atoms with E-state index in [2.05, 4.69) is 33.9 Å². The van der Waals surface area contributed by atoms with E-state index in [4.69, 9.17) is 10.8 Å². The van der Waals surface area contributed by atoms with E-state index in [1.165, 1.54) is 4.90 Å². The molecule has 242 valence electrons. The lowest BCUT2D eigenvalue weighted by Gasteiger charge is -2.28. The van der Waals surface area contributed by atoms with Crippen molar-refractivity contribution in [2.45, 2.75) is 69.7 Å². The summed E-state index contributed by atoms with van der Waals surface area (Å²) in [5.74, 6) is -6.59. The van der Waals surface area contributed by atoms with Crippen LogP contribution >= 0.6 is 12.6 Å². The second-order valence-corrected chi connectivity index (χ2v) is 11.1. The molecule has 0 radical (unpaired) electrons. The van der Waals surface area contributed by atoms with Gasteiger partial charge in [0.05, 0.1) is 19.0 Å². The van der Waals surface area contributed by atoms with Crippen molar-refractivity contribution in [3.63, 3.8) is 0 Å². The number of carbonyl (C=O) groups is 7. The Hall–Kier alpha value is -4.18. The van der Waals surface area contributed by atoms with Crippen molar-refractivity contribution in [3.05, 3.63) is 35.9 Å². The largest absolute Gasteiger partial charge is 0.481 e. The molecule has 1 aliphatic heterocycles. The van der Waals surface area contributed by atoms with Crippen LogP contribution in [-0.2, 0) is 40.0 Å². The molecule has 0 saturated carbocycles. The Bertz CT molecular complexity index is 1220. The second kappa shape index (κ2) is 17.2. The number of carboxylic acid groups (broad SMARTS) is 2. The molecule has 0 unspecified atom stereocenters. The second-order valence-electron chi connectivity index (χ2n) is 10.7. The van der Waals surface area contributed by atoms with Crippen molar-refractivity contribution in [3.8, 4) is 0 Å². The third kappa shape index (κ3) is 10.8. The molecule has 1 heterocycles. The summed E-state index contributed by atoms with van der Waals surface area (Å²) in [7, 11) is 0. The molecule has 5 atom stereocenters. The average molecular weight is 637 g/mol. The van der Waals surface area contributed by atoms with Gasteiger partial charge in [0.25, 0.3) is 0 Å². The Morgan fingerprint density at radius 3 is 2.18 bits per heavy atom. The molecule has 0 spiro atoms. The smallest absolute Gasteiger partial charge is 0.327 e. The number of nitrogens with one attached hydrogen (secondary N) is 4. The van der Waals surface area contributed by atoms with E-state index < -0.39 is 90.6 Å². The summed E-state index contributed by atoms with van der Waals surface area (Å²) in [6, 6.07) is 2.96. The zero-order valence-electron chi connectivity index (χ0n) is 24.5. The minimum atomic E-state index is -1.37. The van der Waals surface area contributed by atoms with Gasteiger partial charge in [0.2, 0.25) is 29.5 Å². The van der Waals surface area contributed by atoms with Crippen LogP contribution in [0.2, 0.25) is 0 Å². The third-order valence-electron chi connectivity index (χ3n) is 6.98. The van der Waals surface area contributed by atoms with Gasteiger partial charge >= 0.3 is 11.9 Å². The van der Waals surface area contributed by atoms with Gasteiger partial charge in [0.15, 0.2) is 0 Å². The van der Waals surface area contributed by atoms with E-state index in [1.807, 2.05) is 0 Å². The van der Waals surface area contributed by atoms with Crippen LogP contribution < -0.4 is 27.0 Å². The van der Waals surface area contributed by atoms with Crippen molar-refractivity contribution in [1.29, 1.82) is 0 Å². The van der Waals surface area contributed by atoms with E-state index in [0.717, 1.165) is 0 Å². The monoisotopic (exact) mass is 636 g/mol. The normalized spacial score (nSPS) is 17.1. The molecule has 0 aromatic heterocycles. The summed E-state index contributed by atoms with van der Waals surface area (Å²) in [6.07, 6.45) is 0.219. The molecule has 8 N–H and O–H groups in total. The SMILES string of the molecule is CC(C)[C@H](NC(=O)[C@@H](N)CC(=O)O)C(=O)NCC(=O)N1CCC[C@H]1C(=O)N[C@@H](Cc1ccccc1)C(=O)N[C@@H](CS)C(=O)O. The lowest BCUT2D eigenvalue weighted by molar-refractivity contribution is -0.142. The van der Waals surface area contributed by atoms with E-state index in [9.17, 15) is 38.7 Å². The quantitative estimate of drug-likeness (QED) is 0.0954. The predicted octanol–water partition coefficient (Wildman–Crippen LogP) is -1.74. The molecule has 1 fully saturated rings. The number of benzene rings is 1. The molecule has 15 nitrogen and oxygen atoms in total. The van der Waals surface area contributed by atoms with Gasteiger partial charge in [0, 0.05) is 18.7 Å². The van der Waals surface area contributed by atoms with Gasteiger partial charge in [-0.3, -0.25) is 28.8 Å². The van der Waals surface area contributed by atoms with Crippen LogP contribution in [0.4, 0.5) is 0 Å². The lowest BCUT2D eigenvalue weighted by atomic mass is 10.0. The molecule has 1 aliphatic rings. The first-order chi connectivity index (χ1) is 20.7. The molecule has 1 aromatic rings. The maximum absolute atomic E-state index is 13.3. The fraction of sp³-hybridized carbons (Fsp3) is 0.536. The van der Waals surface area contributed by atoms with Crippen LogP contribution in [0.1, 0.15) is 38.7 Å². The van der Waals surface area contributed by atoms with E-state index in [1.54, 1.807) is 44.2 Å². The van der Waals surface area contributed by atoms with Crippen LogP contribution in [0.3, 0.4) is 0 Å². The van der Waals surface area contributed by atoms with Gasteiger partial charge in [-0.25, -0.2) is 4.79 Å². The minimum absolute atomic E-state index is 0.0620. The standard InChI is InChI=1S/C28H40N6O9S/c1-15(2)23(33-24(38)17(29)12-22(36)37)27(41)30-13-21(35)34-10-6-9-20(34)26(40)31-18(11-16-7-4-3-5-8-16)25(39)32-19(14-44)28(42)43/h3-5,7-8,15,17-20,23,44H,6,9-14,29H2,1-2H3,(H,30,41)(H,31,40)(H,32,39)(H,33,38)(H,36,37)(H,42,43)/t17-,18-,19-,20-,23-/m0/s1.